The molecular weight excluding hydrogens is 250 g/mol. The highest BCUT2D eigenvalue weighted by Gasteiger charge is 2.31. The van der Waals surface area contributed by atoms with Gasteiger partial charge in [-0.25, -0.2) is 4.39 Å². The van der Waals surface area contributed by atoms with Crippen LogP contribution in [0.25, 0.3) is 0 Å². The zero-order valence-corrected chi connectivity index (χ0v) is 9.56. The summed E-state index contributed by atoms with van der Waals surface area (Å²) in [7, 11) is 0. The van der Waals surface area contributed by atoms with E-state index < -0.39 is 17.6 Å². The highest BCUT2D eigenvalue weighted by molar-refractivity contribution is 5.32. The molecule has 0 amide bonds. The Hall–Kier alpha value is -1.30. The van der Waals surface area contributed by atoms with Gasteiger partial charge in [0.1, 0.15) is 6.10 Å². The largest absolute Gasteiger partial charge is 0.487 e. The average Bonchev–Trinajstić information content (AvgIpc) is 2.32. The number of rotatable bonds is 2. The Kier molecular flexibility index (Phi) is 3.75. The molecule has 2 rings (SSSR count). The first-order valence-corrected chi connectivity index (χ1v) is 5.71. The monoisotopic (exact) mass is 263 g/mol. The van der Waals surface area contributed by atoms with Gasteiger partial charge in [-0.3, -0.25) is 0 Å². The number of hydrogen-bond donors (Lipinski definition) is 1. The Labute approximate surface area is 102 Å². The molecule has 1 N–H and O–H groups in total. The molecule has 1 heterocycles. The number of nitrogens with one attached hydrogen (secondary N) is 1. The Morgan fingerprint density at radius 3 is 2.44 bits per heavy atom. The second-order valence-electron chi connectivity index (χ2n) is 4.21. The molecule has 1 aliphatic heterocycles. The third kappa shape index (κ3) is 3.13. The van der Waals surface area contributed by atoms with Crippen molar-refractivity contribution in [1.82, 2.24) is 5.32 Å². The van der Waals surface area contributed by atoms with Crippen LogP contribution < -0.4 is 10.1 Å². The first-order valence-electron chi connectivity index (χ1n) is 5.71. The van der Waals surface area contributed by atoms with E-state index in [2.05, 4.69) is 5.32 Å². The number of benzene rings is 1. The van der Waals surface area contributed by atoms with Gasteiger partial charge in [0.05, 0.1) is 5.56 Å². The van der Waals surface area contributed by atoms with Crippen LogP contribution in [0.5, 0.6) is 5.75 Å². The van der Waals surface area contributed by atoms with E-state index in [4.69, 9.17) is 4.74 Å². The molecule has 1 aromatic rings. The Morgan fingerprint density at radius 2 is 1.83 bits per heavy atom. The molecule has 0 atom stereocenters. The lowest BCUT2D eigenvalue weighted by molar-refractivity contribution is -0.137. The molecule has 0 unspecified atom stereocenters. The topological polar surface area (TPSA) is 21.3 Å². The molecule has 0 aliphatic carbocycles. The number of ether oxygens (including phenoxy) is 1. The lowest BCUT2D eigenvalue weighted by Gasteiger charge is -2.24. The van der Waals surface area contributed by atoms with Crippen LogP contribution in [-0.4, -0.2) is 19.2 Å². The first kappa shape index (κ1) is 13.1. The SMILES string of the molecule is Fc1ccc(C(F)(F)F)cc1OC1CCNCC1. The van der Waals surface area contributed by atoms with Gasteiger partial charge in [0, 0.05) is 0 Å². The van der Waals surface area contributed by atoms with Crippen LogP contribution in [0.15, 0.2) is 18.2 Å². The predicted molar refractivity (Wildman–Crippen MR) is 57.9 cm³/mol. The highest BCUT2D eigenvalue weighted by Crippen LogP contribution is 2.33. The van der Waals surface area contributed by atoms with E-state index in [0.29, 0.717) is 18.9 Å². The van der Waals surface area contributed by atoms with Crippen LogP contribution in [0, 0.1) is 5.82 Å². The molecular formula is C12H13F4NO. The Balaban J connectivity index is 2.15. The van der Waals surface area contributed by atoms with Crippen LogP contribution in [0.2, 0.25) is 0 Å². The maximum atomic E-state index is 13.4. The quantitative estimate of drug-likeness (QED) is 0.828. The Bertz CT molecular complexity index is 413. The van der Waals surface area contributed by atoms with Crippen LogP contribution in [0.1, 0.15) is 18.4 Å². The summed E-state index contributed by atoms with van der Waals surface area (Å²) in [6.07, 6.45) is -3.39. The standard InChI is InChI=1S/C12H13F4NO/c13-10-2-1-8(12(14,15)16)7-11(10)18-9-3-5-17-6-4-9/h1-2,7,9,17H,3-6H2. The smallest absolute Gasteiger partial charge is 0.416 e. The Morgan fingerprint density at radius 1 is 1.17 bits per heavy atom. The summed E-state index contributed by atoms with van der Waals surface area (Å²) in [5.41, 5.74) is -0.896. The number of hydrogen-bond acceptors (Lipinski definition) is 2. The minimum Gasteiger partial charge on any atom is -0.487 e. The van der Waals surface area contributed by atoms with Crippen molar-refractivity contribution in [2.75, 3.05) is 13.1 Å². The number of alkyl halides is 3. The van der Waals surface area contributed by atoms with Gasteiger partial charge in [0.15, 0.2) is 11.6 Å². The molecule has 18 heavy (non-hydrogen) atoms. The molecule has 2 nitrogen and oxygen atoms in total. The van der Waals surface area contributed by atoms with E-state index in [1.54, 1.807) is 0 Å². The summed E-state index contributed by atoms with van der Waals surface area (Å²) < 4.78 is 56.2. The van der Waals surface area contributed by atoms with E-state index in [0.717, 1.165) is 25.2 Å². The summed E-state index contributed by atoms with van der Waals surface area (Å²) >= 11 is 0. The van der Waals surface area contributed by atoms with Crippen LogP contribution in [0.3, 0.4) is 0 Å². The second kappa shape index (κ2) is 5.14. The molecule has 0 radical (unpaired) electrons. The lowest BCUT2D eigenvalue weighted by atomic mass is 10.1. The predicted octanol–water partition coefficient (Wildman–Crippen LogP) is 2.98. The fraction of sp³-hybridized carbons (Fsp3) is 0.500. The van der Waals surface area contributed by atoms with Gasteiger partial charge in [-0.1, -0.05) is 0 Å². The van der Waals surface area contributed by atoms with E-state index in [-0.39, 0.29) is 11.9 Å². The summed E-state index contributed by atoms with van der Waals surface area (Å²) in [5, 5.41) is 3.10. The molecule has 1 saturated heterocycles. The van der Waals surface area contributed by atoms with Crippen molar-refractivity contribution in [3.63, 3.8) is 0 Å². The maximum Gasteiger partial charge on any atom is 0.416 e. The number of halogens is 4. The molecule has 0 aromatic heterocycles. The third-order valence-electron chi connectivity index (χ3n) is 2.84. The van der Waals surface area contributed by atoms with Gasteiger partial charge in [0.2, 0.25) is 0 Å². The van der Waals surface area contributed by atoms with Gasteiger partial charge in [-0.15, -0.1) is 0 Å². The summed E-state index contributed by atoms with van der Waals surface area (Å²) in [6.45, 7) is 1.45. The first-order chi connectivity index (χ1) is 8.47. The van der Waals surface area contributed by atoms with Gasteiger partial charge in [-0.2, -0.15) is 13.2 Å². The molecule has 0 saturated carbocycles. The van der Waals surface area contributed by atoms with Crippen LogP contribution >= 0.6 is 0 Å². The molecule has 0 spiro atoms. The second-order valence-corrected chi connectivity index (χ2v) is 4.21. The van der Waals surface area contributed by atoms with E-state index >= 15 is 0 Å². The van der Waals surface area contributed by atoms with Crippen molar-refractivity contribution in [2.24, 2.45) is 0 Å². The molecule has 100 valence electrons. The van der Waals surface area contributed by atoms with Gasteiger partial charge in [0.25, 0.3) is 0 Å². The van der Waals surface area contributed by atoms with Gasteiger partial charge in [-0.05, 0) is 44.1 Å². The van der Waals surface area contributed by atoms with Crippen molar-refractivity contribution < 1.29 is 22.3 Å². The summed E-state index contributed by atoms with van der Waals surface area (Å²) in [6, 6.07) is 2.22. The fourth-order valence-corrected chi connectivity index (χ4v) is 1.86. The third-order valence-corrected chi connectivity index (χ3v) is 2.84. The zero-order chi connectivity index (χ0) is 13.2. The maximum absolute atomic E-state index is 13.4. The molecule has 1 fully saturated rings. The van der Waals surface area contributed by atoms with Crippen LogP contribution in [0.4, 0.5) is 17.6 Å². The van der Waals surface area contributed by atoms with Crippen molar-refractivity contribution in [2.45, 2.75) is 25.1 Å². The summed E-state index contributed by atoms with van der Waals surface area (Å²) in [5.74, 6) is -1.08. The van der Waals surface area contributed by atoms with Gasteiger partial charge >= 0.3 is 6.18 Å². The number of piperidine rings is 1. The summed E-state index contributed by atoms with van der Waals surface area (Å²) in [4.78, 5) is 0. The van der Waals surface area contributed by atoms with Crippen molar-refractivity contribution in [1.29, 1.82) is 0 Å². The highest BCUT2D eigenvalue weighted by atomic mass is 19.4. The van der Waals surface area contributed by atoms with E-state index in [1.165, 1.54) is 0 Å². The molecule has 1 aliphatic rings. The van der Waals surface area contributed by atoms with Gasteiger partial charge < -0.3 is 10.1 Å². The van der Waals surface area contributed by atoms with Crippen molar-refractivity contribution in [3.8, 4) is 5.75 Å². The molecule has 0 bridgehead atoms. The minimum atomic E-state index is -4.49. The normalized spacial score (nSPS) is 17.8. The van der Waals surface area contributed by atoms with Crippen molar-refractivity contribution >= 4 is 0 Å². The lowest BCUT2D eigenvalue weighted by Crippen LogP contribution is -2.34. The zero-order valence-electron chi connectivity index (χ0n) is 9.56. The van der Waals surface area contributed by atoms with Crippen molar-refractivity contribution in [3.05, 3.63) is 29.6 Å². The van der Waals surface area contributed by atoms with Crippen LogP contribution in [-0.2, 0) is 6.18 Å². The molecule has 1 aromatic carbocycles. The average molecular weight is 263 g/mol. The van der Waals surface area contributed by atoms with E-state index in [1.807, 2.05) is 0 Å². The molecule has 6 heteroatoms. The minimum absolute atomic E-state index is 0.232. The van der Waals surface area contributed by atoms with E-state index in [9.17, 15) is 17.6 Å². The fourth-order valence-electron chi connectivity index (χ4n) is 1.86.